The van der Waals surface area contributed by atoms with E-state index in [2.05, 4.69) is 5.32 Å². The van der Waals surface area contributed by atoms with Gasteiger partial charge in [-0.3, -0.25) is 14.2 Å². The highest BCUT2D eigenvalue weighted by molar-refractivity contribution is 7.99. The van der Waals surface area contributed by atoms with Crippen molar-refractivity contribution < 1.29 is 4.79 Å². The van der Waals surface area contributed by atoms with E-state index in [-0.39, 0.29) is 17.2 Å². The Hall–Kier alpha value is -3.90. The highest BCUT2D eigenvalue weighted by atomic mass is 32.2. The molecule has 0 radical (unpaired) electrons. The van der Waals surface area contributed by atoms with Crippen LogP contribution >= 0.6 is 11.8 Å². The third-order valence-corrected chi connectivity index (χ3v) is 6.34. The van der Waals surface area contributed by atoms with Crippen LogP contribution in [0.25, 0.3) is 27.4 Å². The third kappa shape index (κ3) is 4.25. The lowest BCUT2D eigenvalue weighted by Crippen LogP contribution is -2.23. The number of thioether (sulfide) groups is 1. The zero-order chi connectivity index (χ0) is 22.8. The summed E-state index contributed by atoms with van der Waals surface area (Å²) in [6.07, 6.45) is 0. The highest BCUT2D eigenvalue weighted by Crippen LogP contribution is 2.25. The van der Waals surface area contributed by atoms with E-state index in [0.29, 0.717) is 16.1 Å². The van der Waals surface area contributed by atoms with Crippen LogP contribution < -0.4 is 10.9 Å². The molecule has 6 heteroatoms. The molecule has 1 heterocycles. The summed E-state index contributed by atoms with van der Waals surface area (Å²) in [4.78, 5) is 30.9. The van der Waals surface area contributed by atoms with Crippen LogP contribution in [0.2, 0.25) is 0 Å². The summed E-state index contributed by atoms with van der Waals surface area (Å²) in [7, 11) is 0. The molecule has 162 valence electrons. The first-order chi connectivity index (χ1) is 16.1. The molecule has 0 atom stereocenters. The molecule has 0 saturated heterocycles. The van der Waals surface area contributed by atoms with Gasteiger partial charge in [0.15, 0.2) is 5.16 Å². The Morgan fingerprint density at radius 3 is 2.48 bits per heavy atom. The molecule has 0 bridgehead atoms. The molecule has 0 aliphatic heterocycles. The van der Waals surface area contributed by atoms with Crippen molar-refractivity contribution in [3.05, 3.63) is 107 Å². The number of anilines is 1. The monoisotopic (exact) mass is 451 g/mol. The standard InChI is InChI=1S/C27H21N3O2S/c1-18-8-6-11-20(16-18)30-26(32)22-13-4-5-14-24(22)29-27(30)33-17-25(31)28-23-15-7-10-19-9-2-3-12-21(19)23/h2-16H,17H2,1H3,(H,28,31). The van der Waals surface area contributed by atoms with Gasteiger partial charge in [0.25, 0.3) is 5.56 Å². The van der Waals surface area contributed by atoms with Crippen LogP contribution in [0, 0.1) is 6.92 Å². The maximum Gasteiger partial charge on any atom is 0.266 e. The third-order valence-electron chi connectivity index (χ3n) is 5.40. The fourth-order valence-electron chi connectivity index (χ4n) is 3.85. The Balaban J connectivity index is 1.47. The summed E-state index contributed by atoms with van der Waals surface area (Å²) in [6, 6.07) is 28.7. The van der Waals surface area contributed by atoms with Gasteiger partial charge in [0.05, 0.1) is 22.3 Å². The van der Waals surface area contributed by atoms with E-state index in [4.69, 9.17) is 4.98 Å². The number of hydrogen-bond acceptors (Lipinski definition) is 4. The second-order valence-corrected chi connectivity index (χ2v) is 8.70. The smallest absolute Gasteiger partial charge is 0.266 e. The predicted molar refractivity (Wildman–Crippen MR) is 135 cm³/mol. The first-order valence-electron chi connectivity index (χ1n) is 10.6. The lowest BCUT2D eigenvalue weighted by Gasteiger charge is -2.14. The first-order valence-corrected chi connectivity index (χ1v) is 11.6. The quantitative estimate of drug-likeness (QED) is 0.280. The molecule has 0 aliphatic carbocycles. The minimum absolute atomic E-state index is 0.125. The number of para-hydroxylation sites is 1. The van der Waals surface area contributed by atoms with Crippen molar-refractivity contribution in [1.82, 2.24) is 9.55 Å². The summed E-state index contributed by atoms with van der Waals surface area (Å²) in [5.41, 5.74) is 3.00. The van der Waals surface area contributed by atoms with Crippen molar-refractivity contribution in [2.75, 3.05) is 11.1 Å². The van der Waals surface area contributed by atoms with Crippen LogP contribution in [-0.2, 0) is 4.79 Å². The number of carbonyl (C=O) groups is 1. The molecule has 0 spiro atoms. The van der Waals surface area contributed by atoms with Gasteiger partial charge in [-0.2, -0.15) is 0 Å². The van der Waals surface area contributed by atoms with E-state index in [1.54, 1.807) is 10.6 Å². The van der Waals surface area contributed by atoms with E-state index >= 15 is 0 Å². The van der Waals surface area contributed by atoms with Gasteiger partial charge in [-0.05, 0) is 48.2 Å². The van der Waals surface area contributed by atoms with Crippen molar-refractivity contribution in [3.8, 4) is 5.69 Å². The summed E-state index contributed by atoms with van der Waals surface area (Å²) in [5.74, 6) is -0.0330. The van der Waals surface area contributed by atoms with Gasteiger partial charge < -0.3 is 5.32 Å². The normalized spacial score (nSPS) is 11.1. The fourth-order valence-corrected chi connectivity index (χ4v) is 4.67. The van der Waals surface area contributed by atoms with Crippen LogP contribution in [-0.4, -0.2) is 21.2 Å². The number of amides is 1. The maximum absolute atomic E-state index is 13.4. The van der Waals surface area contributed by atoms with Gasteiger partial charge in [0.1, 0.15) is 0 Å². The van der Waals surface area contributed by atoms with Crippen LogP contribution in [0.1, 0.15) is 5.56 Å². The molecule has 0 fully saturated rings. The number of aryl methyl sites for hydroxylation is 1. The Morgan fingerprint density at radius 2 is 1.64 bits per heavy atom. The number of hydrogen-bond donors (Lipinski definition) is 1. The second-order valence-electron chi connectivity index (χ2n) is 7.75. The molecule has 0 unspecified atom stereocenters. The van der Waals surface area contributed by atoms with E-state index in [9.17, 15) is 9.59 Å². The maximum atomic E-state index is 13.4. The fraction of sp³-hybridized carbons (Fsp3) is 0.0741. The number of nitrogens with zero attached hydrogens (tertiary/aromatic N) is 2. The summed E-state index contributed by atoms with van der Waals surface area (Å²) in [5, 5.41) is 6.08. The van der Waals surface area contributed by atoms with Crippen molar-refractivity contribution in [1.29, 1.82) is 0 Å². The Bertz CT molecular complexity index is 1550. The Morgan fingerprint density at radius 1 is 0.909 bits per heavy atom. The average molecular weight is 452 g/mol. The molecular weight excluding hydrogens is 430 g/mol. The average Bonchev–Trinajstić information content (AvgIpc) is 2.83. The van der Waals surface area contributed by atoms with E-state index in [1.807, 2.05) is 91.9 Å². The van der Waals surface area contributed by atoms with Gasteiger partial charge >= 0.3 is 0 Å². The van der Waals surface area contributed by atoms with E-state index in [0.717, 1.165) is 27.7 Å². The largest absolute Gasteiger partial charge is 0.325 e. The molecule has 1 N–H and O–H groups in total. The minimum Gasteiger partial charge on any atom is -0.325 e. The first kappa shape index (κ1) is 21.0. The molecule has 0 aliphatic rings. The minimum atomic E-state index is -0.158. The highest BCUT2D eigenvalue weighted by Gasteiger charge is 2.15. The van der Waals surface area contributed by atoms with Crippen LogP contribution in [0.4, 0.5) is 5.69 Å². The van der Waals surface area contributed by atoms with Gasteiger partial charge in [0.2, 0.25) is 5.91 Å². The number of nitrogens with one attached hydrogen (secondary N) is 1. The van der Waals surface area contributed by atoms with Gasteiger partial charge in [-0.25, -0.2) is 4.98 Å². The molecule has 5 aromatic rings. The Labute approximate surface area is 195 Å². The molecule has 0 saturated carbocycles. The zero-order valence-electron chi connectivity index (χ0n) is 18.0. The number of rotatable bonds is 5. The van der Waals surface area contributed by atoms with Gasteiger partial charge in [-0.1, -0.05) is 72.4 Å². The summed E-state index contributed by atoms with van der Waals surface area (Å²) in [6.45, 7) is 1.98. The number of aromatic nitrogens is 2. The summed E-state index contributed by atoms with van der Waals surface area (Å²) >= 11 is 1.25. The second kappa shape index (κ2) is 8.92. The Kier molecular flexibility index (Phi) is 5.67. The molecule has 4 aromatic carbocycles. The number of benzene rings is 4. The van der Waals surface area contributed by atoms with Crippen molar-refractivity contribution >= 4 is 45.0 Å². The zero-order valence-corrected chi connectivity index (χ0v) is 18.8. The predicted octanol–water partition coefficient (Wildman–Crippen LogP) is 5.58. The lowest BCUT2D eigenvalue weighted by molar-refractivity contribution is -0.113. The van der Waals surface area contributed by atoms with E-state index in [1.165, 1.54) is 11.8 Å². The number of fused-ring (bicyclic) bond motifs is 2. The van der Waals surface area contributed by atoms with E-state index < -0.39 is 0 Å². The topological polar surface area (TPSA) is 64.0 Å². The SMILES string of the molecule is Cc1cccc(-n2c(SCC(=O)Nc3cccc4ccccc34)nc3ccccc3c2=O)c1. The molecule has 33 heavy (non-hydrogen) atoms. The van der Waals surface area contributed by atoms with Gasteiger partial charge in [0, 0.05) is 11.1 Å². The van der Waals surface area contributed by atoms with Crippen LogP contribution in [0.15, 0.2) is 101 Å². The molecular formula is C27H21N3O2S. The lowest BCUT2D eigenvalue weighted by atomic mass is 10.1. The number of carbonyl (C=O) groups excluding carboxylic acids is 1. The van der Waals surface area contributed by atoms with Crippen molar-refractivity contribution in [3.63, 3.8) is 0 Å². The molecule has 5 rings (SSSR count). The molecule has 1 aromatic heterocycles. The molecule has 1 amide bonds. The summed E-state index contributed by atoms with van der Waals surface area (Å²) < 4.78 is 1.59. The van der Waals surface area contributed by atoms with Crippen molar-refractivity contribution in [2.45, 2.75) is 12.1 Å². The molecule has 5 nitrogen and oxygen atoms in total. The van der Waals surface area contributed by atoms with Crippen molar-refractivity contribution in [2.24, 2.45) is 0 Å². The van der Waals surface area contributed by atoms with Crippen LogP contribution in [0.5, 0.6) is 0 Å². The van der Waals surface area contributed by atoms with Gasteiger partial charge in [-0.15, -0.1) is 0 Å². The van der Waals surface area contributed by atoms with Crippen LogP contribution in [0.3, 0.4) is 0 Å².